The Morgan fingerprint density at radius 3 is 2.31 bits per heavy atom. The van der Waals surface area contributed by atoms with E-state index in [9.17, 15) is 9.59 Å². The second-order valence-corrected chi connectivity index (χ2v) is 4.84. The molecule has 1 aliphatic heterocycles. The number of likely N-dealkylation sites (tertiary alicyclic amines) is 1. The Kier molecular flexibility index (Phi) is 4.23. The Balaban J connectivity index is 2.46. The molecule has 1 fully saturated rings. The number of nitrogens with two attached hydrogens (primary N) is 1. The lowest BCUT2D eigenvalue weighted by atomic mass is 10.0. The zero-order chi connectivity index (χ0) is 12.3. The van der Waals surface area contributed by atoms with Crippen LogP contribution >= 0.6 is 12.2 Å². The van der Waals surface area contributed by atoms with Gasteiger partial charge in [0.25, 0.3) is 0 Å². The van der Waals surface area contributed by atoms with Crippen molar-refractivity contribution in [1.82, 2.24) is 10.2 Å². The highest BCUT2D eigenvalue weighted by atomic mass is 32.1. The molecule has 0 aromatic carbocycles. The lowest BCUT2D eigenvalue weighted by molar-refractivity contribution is -0.145. The highest BCUT2D eigenvalue weighted by molar-refractivity contribution is 7.80. The summed E-state index contributed by atoms with van der Waals surface area (Å²) in [5.74, 6) is -0.249. The first-order chi connectivity index (χ1) is 7.41. The minimum Gasteiger partial charge on any atom is -0.392 e. The Morgan fingerprint density at radius 1 is 1.38 bits per heavy atom. The quantitative estimate of drug-likeness (QED) is 0.506. The summed E-state index contributed by atoms with van der Waals surface area (Å²) in [6.07, 6.45) is 0. The van der Waals surface area contributed by atoms with Crippen molar-refractivity contribution < 1.29 is 9.59 Å². The van der Waals surface area contributed by atoms with Crippen LogP contribution in [-0.2, 0) is 9.59 Å². The zero-order valence-corrected chi connectivity index (χ0v) is 10.3. The fourth-order valence-electron chi connectivity index (χ4n) is 1.68. The Bertz CT molecular complexity index is 309. The average Bonchev–Trinajstić information content (AvgIpc) is 2.54. The fourth-order valence-corrected chi connectivity index (χ4v) is 1.75. The molecule has 0 aliphatic carbocycles. The van der Waals surface area contributed by atoms with Gasteiger partial charge in [-0.15, -0.1) is 0 Å². The van der Waals surface area contributed by atoms with Crippen molar-refractivity contribution in [2.24, 2.45) is 17.6 Å². The van der Waals surface area contributed by atoms with Gasteiger partial charge >= 0.3 is 11.8 Å². The van der Waals surface area contributed by atoms with E-state index < -0.39 is 11.8 Å². The molecule has 2 amide bonds. The first kappa shape index (κ1) is 12.9. The highest BCUT2D eigenvalue weighted by Crippen LogP contribution is 2.21. The standard InChI is InChI=1S/C10H17N3O2S/c1-6-4-13(5-7(6)2)10(15)9(14)12-3-8(11)16/h6-7H,3-5H2,1-2H3,(H2,11,16)(H,12,14). The minimum absolute atomic E-state index is 0.0683. The van der Waals surface area contributed by atoms with Crippen LogP contribution in [0, 0.1) is 11.8 Å². The Hall–Kier alpha value is -1.17. The third kappa shape index (κ3) is 3.16. The monoisotopic (exact) mass is 243 g/mol. The molecule has 5 nitrogen and oxygen atoms in total. The van der Waals surface area contributed by atoms with Gasteiger partial charge in [-0.2, -0.15) is 0 Å². The third-order valence-corrected chi connectivity index (χ3v) is 3.04. The summed E-state index contributed by atoms with van der Waals surface area (Å²) in [7, 11) is 0. The molecule has 0 saturated carbocycles. The van der Waals surface area contributed by atoms with E-state index in [1.54, 1.807) is 4.90 Å². The molecule has 6 heteroatoms. The predicted octanol–water partition coefficient (Wildman–Crippen LogP) is -0.497. The second-order valence-electron chi connectivity index (χ2n) is 4.31. The molecule has 0 aromatic heterocycles. The van der Waals surface area contributed by atoms with Gasteiger partial charge in [0.1, 0.15) is 0 Å². The molecule has 0 spiro atoms. The molecular weight excluding hydrogens is 226 g/mol. The van der Waals surface area contributed by atoms with Crippen LogP contribution in [0.15, 0.2) is 0 Å². The first-order valence-electron chi connectivity index (χ1n) is 5.27. The molecule has 0 bridgehead atoms. The molecule has 2 unspecified atom stereocenters. The molecule has 0 aromatic rings. The summed E-state index contributed by atoms with van der Waals surface area (Å²) in [4.78, 5) is 24.9. The molecule has 1 aliphatic rings. The first-order valence-corrected chi connectivity index (χ1v) is 5.68. The summed E-state index contributed by atoms with van der Waals surface area (Å²) in [5.41, 5.74) is 5.23. The summed E-state index contributed by atoms with van der Waals surface area (Å²) in [6.45, 7) is 5.50. The maximum absolute atomic E-state index is 11.7. The molecule has 1 saturated heterocycles. The SMILES string of the molecule is CC1CN(C(=O)C(=O)NCC(N)=S)CC1C. The van der Waals surface area contributed by atoms with Gasteiger partial charge in [0.15, 0.2) is 0 Å². The predicted molar refractivity (Wildman–Crippen MR) is 64.7 cm³/mol. The number of nitrogens with one attached hydrogen (secondary N) is 1. The molecule has 16 heavy (non-hydrogen) atoms. The summed E-state index contributed by atoms with van der Waals surface area (Å²) < 4.78 is 0. The number of carbonyl (C=O) groups is 2. The van der Waals surface area contributed by atoms with Crippen molar-refractivity contribution in [2.45, 2.75) is 13.8 Å². The Morgan fingerprint density at radius 2 is 1.88 bits per heavy atom. The molecule has 2 atom stereocenters. The van der Waals surface area contributed by atoms with E-state index in [0.29, 0.717) is 24.9 Å². The normalized spacial score (nSPS) is 24.2. The van der Waals surface area contributed by atoms with Crippen molar-refractivity contribution in [2.75, 3.05) is 19.6 Å². The number of hydrogen-bond acceptors (Lipinski definition) is 3. The maximum Gasteiger partial charge on any atom is 0.311 e. The van der Waals surface area contributed by atoms with E-state index in [1.807, 2.05) is 0 Å². The van der Waals surface area contributed by atoms with E-state index in [-0.39, 0.29) is 11.5 Å². The van der Waals surface area contributed by atoms with Crippen molar-refractivity contribution in [3.05, 3.63) is 0 Å². The minimum atomic E-state index is -0.630. The number of nitrogens with zero attached hydrogens (tertiary/aromatic N) is 1. The summed E-state index contributed by atoms with van der Waals surface area (Å²) in [6, 6.07) is 0. The molecule has 3 N–H and O–H groups in total. The average molecular weight is 243 g/mol. The van der Waals surface area contributed by atoms with Crippen molar-refractivity contribution in [1.29, 1.82) is 0 Å². The Labute approximate surface area is 100 Å². The van der Waals surface area contributed by atoms with Gasteiger partial charge < -0.3 is 16.0 Å². The van der Waals surface area contributed by atoms with E-state index in [2.05, 4.69) is 31.4 Å². The second kappa shape index (κ2) is 5.25. The van der Waals surface area contributed by atoms with Crippen LogP contribution in [0.1, 0.15) is 13.8 Å². The zero-order valence-electron chi connectivity index (χ0n) is 9.53. The van der Waals surface area contributed by atoms with Gasteiger partial charge in [-0.3, -0.25) is 9.59 Å². The van der Waals surface area contributed by atoms with E-state index >= 15 is 0 Å². The number of carbonyl (C=O) groups excluding carboxylic acids is 2. The van der Waals surface area contributed by atoms with Crippen LogP contribution in [0.2, 0.25) is 0 Å². The van der Waals surface area contributed by atoms with E-state index in [1.165, 1.54) is 0 Å². The van der Waals surface area contributed by atoms with Crippen molar-refractivity contribution in [3.8, 4) is 0 Å². The molecule has 1 heterocycles. The number of amides is 2. The number of rotatable bonds is 2. The van der Waals surface area contributed by atoms with Gasteiger partial charge in [-0.05, 0) is 11.8 Å². The van der Waals surface area contributed by atoms with Crippen LogP contribution in [-0.4, -0.2) is 41.3 Å². The van der Waals surface area contributed by atoms with Crippen LogP contribution in [0.5, 0.6) is 0 Å². The smallest absolute Gasteiger partial charge is 0.311 e. The van der Waals surface area contributed by atoms with Gasteiger partial charge in [0.2, 0.25) is 0 Å². The van der Waals surface area contributed by atoms with E-state index in [0.717, 1.165) is 0 Å². The third-order valence-electron chi connectivity index (χ3n) is 2.89. The van der Waals surface area contributed by atoms with Crippen molar-refractivity contribution in [3.63, 3.8) is 0 Å². The summed E-state index contributed by atoms with van der Waals surface area (Å²) >= 11 is 4.61. The maximum atomic E-state index is 11.7. The summed E-state index contributed by atoms with van der Waals surface area (Å²) in [5, 5.41) is 2.39. The van der Waals surface area contributed by atoms with E-state index in [4.69, 9.17) is 5.73 Å². The lowest BCUT2D eigenvalue weighted by Crippen LogP contribution is -2.44. The van der Waals surface area contributed by atoms with Crippen LogP contribution in [0.4, 0.5) is 0 Å². The molecule has 90 valence electrons. The molecule has 1 rings (SSSR count). The van der Waals surface area contributed by atoms with Gasteiger partial charge in [0.05, 0.1) is 11.5 Å². The lowest BCUT2D eigenvalue weighted by Gasteiger charge is -2.15. The number of hydrogen-bond donors (Lipinski definition) is 2. The molecular formula is C10H17N3O2S. The molecule has 0 radical (unpaired) electrons. The number of thiocarbonyl (C=S) groups is 1. The van der Waals surface area contributed by atoms with Crippen molar-refractivity contribution >= 4 is 29.0 Å². The van der Waals surface area contributed by atoms with Crippen LogP contribution < -0.4 is 11.1 Å². The van der Waals surface area contributed by atoms with Gasteiger partial charge in [0, 0.05) is 13.1 Å². The fraction of sp³-hybridized carbons (Fsp3) is 0.700. The van der Waals surface area contributed by atoms with Crippen LogP contribution in [0.3, 0.4) is 0 Å². The largest absolute Gasteiger partial charge is 0.392 e. The topological polar surface area (TPSA) is 75.4 Å². The highest BCUT2D eigenvalue weighted by Gasteiger charge is 2.32. The van der Waals surface area contributed by atoms with Crippen LogP contribution in [0.25, 0.3) is 0 Å². The van der Waals surface area contributed by atoms with Gasteiger partial charge in [-0.25, -0.2) is 0 Å². The van der Waals surface area contributed by atoms with Gasteiger partial charge in [-0.1, -0.05) is 26.1 Å².